The van der Waals surface area contributed by atoms with E-state index in [-0.39, 0.29) is 35.9 Å². The highest BCUT2D eigenvalue weighted by Crippen LogP contribution is 2.22. The van der Waals surface area contributed by atoms with E-state index in [2.05, 4.69) is 0 Å². The lowest BCUT2D eigenvalue weighted by Gasteiger charge is -2.09. The third kappa shape index (κ3) is 4.02. The fourth-order valence-corrected chi connectivity index (χ4v) is 2.02. The first-order valence-electron chi connectivity index (χ1n) is 7.02. The number of rotatable bonds is 6. The molecule has 23 heavy (non-hydrogen) atoms. The minimum Gasteiger partial charge on any atom is -0.426 e. The summed E-state index contributed by atoms with van der Waals surface area (Å²) in [4.78, 5) is 24.3. The van der Waals surface area contributed by atoms with Crippen molar-refractivity contribution >= 4 is 17.6 Å². The van der Waals surface area contributed by atoms with E-state index in [9.17, 15) is 9.59 Å². The summed E-state index contributed by atoms with van der Waals surface area (Å²) in [5, 5.41) is 7.44. The maximum atomic E-state index is 12.7. The molecule has 6 nitrogen and oxygen atoms in total. The van der Waals surface area contributed by atoms with Crippen molar-refractivity contribution in [3.8, 4) is 5.75 Å². The zero-order chi connectivity index (χ0) is 16.8. The minimum atomic E-state index is -0.495. The Morgan fingerprint density at radius 1 is 1.04 bits per heavy atom. The zero-order valence-corrected chi connectivity index (χ0v) is 12.4. The Hall–Kier alpha value is -2.99. The summed E-state index contributed by atoms with van der Waals surface area (Å²) in [5.41, 5.74) is 11.8. The largest absolute Gasteiger partial charge is 0.426 e. The Bertz CT molecular complexity index is 756. The molecule has 2 aromatic rings. The van der Waals surface area contributed by atoms with Gasteiger partial charge in [0.2, 0.25) is 0 Å². The van der Waals surface area contributed by atoms with E-state index in [0.29, 0.717) is 11.1 Å². The van der Waals surface area contributed by atoms with Crippen LogP contribution in [-0.2, 0) is 4.79 Å². The van der Waals surface area contributed by atoms with E-state index in [1.807, 2.05) is 0 Å². The van der Waals surface area contributed by atoms with Crippen LogP contribution in [0, 0.1) is 5.41 Å². The van der Waals surface area contributed by atoms with Crippen molar-refractivity contribution in [3.05, 3.63) is 65.2 Å². The standard InChI is InChI=1S/C17H17N3O3/c18-9-8-15(21)23-14-7-2-1-6-13(14)16(22)11-4-3-5-12(10-11)17(19)20/h1-7,10H,8-9,18H2,(H3,19,20). The molecule has 118 valence electrons. The fraction of sp³-hybridized carbons (Fsp3) is 0.118. The van der Waals surface area contributed by atoms with Crippen molar-refractivity contribution in [2.75, 3.05) is 6.54 Å². The molecule has 2 aromatic carbocycles. The molecule has 0 aliphatic rings. The lowest BCUT2D eigenvalue weighted by atomic mass is 10.0. The molecule has 5 N–H and O–H groups in total. The molecule has 0 saturated heterocycles. The van der Waals surface area contributed by atoms with Gasteiger partial charge in [-0.3, -0.25) is 15.0 Å². The normalized spacial score (nSPS) is 10.1. The first kappa shape index (κ1) is 16.4. The summed E-state index contributed by atoms with van der Waals surface area (Å²) < 4.78 is 5.20. The van der Waals surface area contributed by atoms with Gasteiger partial charge in [0.25, 0.3) is 0 Å². The van der Waals surface area contributed by atoms with Gasteiger partial charge in [-0.2, -0.15) is 0 Å². The molecule has 0 atom stereocenters. The molecule has 0 saturated carbocycles. The van der Waals surface area contributed by atoms with Crippen LogP contribution in [0.1, 0.15) is 27.9 Å². The van der Waals surface area contributed by atoms with Crippen molar-refractivity contribution in [2.45, 2.75) is 6.42 Å². The summed E-state index contributed by atoms with van der Waals surface area (Å²) in [6, 6.07) is 12.9. The molecule has 0 aliphatic carbocycles. The quantitative estimate of drug-likeness (QED) is 0.245. The second-order valence-electron chi connectivity index (χ2n) is 4.83. The van der Waals surface area contributed by atoms with Gasteiger partial charge in [-0.1, -0.05) is 30.3 Å². The van der Waals surface area contributed by atoms with Crippen LogP contribution in [0.5, 0.6) is 5.75 Å². The van der Waals surface area contributed by atoms with Crippen molar-refractivity contribution in [2.24, 2.45) is 11.5 Å². The molecule has 0 bridgehead atoms. The maximum Gasteiger partial charge on any atom is 0.312 e. The van der Waals surface area contributed by atoms with Gasteiger partial charge in [0.05, 0.1) is 12.0 Å². The van der Waals surface area contributed by atoms with Crippen LogP contribution in [0.4, 0.5) is 0 Å². The van der Waals surface area contributed by atoms with Crippen LogP contribution < -0.4 is 16.2 Å². The molecule has 0 aliphatic heterocycles. The van der Waals surface area contributed by atoms with E-state index in [0.717, 1.165) is 0 Å². The van der Waals surface area contributed by atoms with Gasteiger partial charge in [0.15, 0.2) is 5.78 Å². The van der Waals surface area contributed by atoms with Crippen LogP contribution in [0.15, 0.2) is 48.5 Å². The Kier molecular flexibility index (Phi) is 5.22. The van der Waals surface area contributed by atoms with Crippen LogP contribution in [0.3, 0.4) is 0 Å². The SMILES string of the molecule is N=C(N)c1cccc(C(=O)c2ccccc2OC(=O)CCN)c1. The number of amidine groups is 1. The molecule has 0 unspecified atom stereocenters. The predicted octanol–water partition coefficient (Wildman–Crippen LogP) is 1.46. The van der Waals surface area contributed by atoms with Gasteiger partial charge >= 0.3 is 5.97 Å². The number of esters is 1. The van der Waals surface area contributed by atoms with Gasteiger partial charge in [0.1, 0.15) is 11.6 Å². The van der Waals surface area contributed by atoms with E-state index in [4.69, 9.17) is 21.6 Å². The van der Waals surface area contributed by atoms with Crippen molar-refractivity contribution in [1.29, 1.82) is 5.41 Å². The van der Waals surface area contributed by atoms with E-state index in [1.165, 1.54) is 6.07 Å². The van der Waals surface area contributed by atoms with E-state index in [1.54, 1.807) is 42.5 Å². The summed E-state index contributed by atoms with van der Waals surface area (Å²) in [6.07, 6.45) is 0.0718. The lowest BCUT2D eigenvalue weighted by Crippen LogP contribution is -2.16. The number of nitrogen functional groups attached to an aromatic ring is 1. The monoisotopic (exact) mass is 311 g/mol. The number of nitrogens with one attached hydrogen (secondary N) is 1. The molecule has 6 heteroatoms. The predicted molar refractivity (Wildman–Crippen MR) is 86.6 cm³/mol. The van der Waals surface area contributed by atoms with Gasteiger partial charge in [-0.05, 0) is 18.2 Å². The van der Waals surface area contributed by atoms with Crippen molar-refractivity contribution < 1.29 is 14.3 Å². The second-order valence-corrected chi connectivity index (χ2v) is 4.83. The second kappa shape index (κ2) is 7.33. The first-order chi connectivity index (χ1) is 11.0. The van der Waals surface area contributed by atoms with Crippen LogP contribution in [0.2, 0.25) is 0 Å². The van der Waals surface area contributed by atoms with Gasteiger partial charge < -0.3 is 16.2 Å². The van der Waals surface area contributed by atoms with E-state index >= 15 is 0 Å². The Labute approximate surface area is 133 Å². The average Bonchev–Trinajstić information content (AvgIpc) is 2.55. The highest BCUT2D eigenvalue weighted by atomic mass is 16.5. The third-order valence-corrected chi connectivity index (χ3v) is 3.14. The Morgan fingerprint density at radius 3 is 2.43 bits per heavy atom. The first-order valence-corrected chi connectivity index (χ1v) is 7.02. The molecule has 0 radical (unpaired) electrons. The maximum absolute atomic E-state index is 12.7. The number of benzene rings is 2. The van der Waals surface area contributed by atoms with Crippen LogP contribution in [0.25, 0.3) is 0 Å². The molecule has 0 amide bonds. The van der Waals surface area contributed by atoms with E-state index < -0.39 is 5.97 Å². The number of ether oxygens (including phenoxy) is 1. The molecule has 0 heterocycles. The number of para-hydroxylation sites is 1. The molecular weight excluding hydrogens is 294 g/mol. The van der Waals surface area contributed by atoms with Crippen molar-refractivity contribution in [1.82, 2.24) is 0 Å². The third-order valence-electron chi connectivity index (χ3n) is 3.14. The number of hydrogen-bond acceptors (Lipinski definition) is 5. The molecule has 0 aromatic heterocycles. The van der Waals surface area contributed by atoms with Crippen molar-refractivity contribution in [3.63, 3.8) is 0 Å². The summed E-state index contributed by atoms with van der Waals surface area (Å²) in [7, 11) is 0. The van der Waals surface area contributed by atoms with Gasteiger partial charge in [0, 0.05) is 17.7 Å². The molecule has 0 spiro atoms. The number of carbonyl (C=O) groups is 2. The lowest BCUT2D eigenvalue weighted by molar-refractivity contribution is -0.134. The van der Waals surface area contributed by atoms with Crippen LogP contribution in [-0.4, -0.2) is 24.1 Å². The summed E-state index contributed by atoms with van der Waals surface area (Å²) in [5.74, 6) is -0.749. The molecule has 0 fully saturated rings. The van der Waals surface area contributed by atoms with Crippen LogP contribution >= 0.6 is 0 Å². The Balaban J connectivity index is 2.34. The minimum absolute atomic E-state index is 0.0718. The van der Waals surface area contributed by atoms with Gasteiger partial charge in [-0.15, -0.1) is 0 Å². The topological polar surface area (TPSA) is 119 Å². The zero-order valence-electron chi connectivity index (χ0n) is 12.4. The number of carbonyl (C=O) groups excluding carboxylic acids is 2. The smallest absolute Gasteiger partial charge is 0.312 e. The number of hydrogen-bond donors (Lipinski definition) is 3. The van der Waals surface area contributed by atoms with Gasteiger partial charge in [-0.25, -0.2) is 0 Å². The fourth-order valence-electron chi connectivity index (χ4n) is 2.02. The number of ketones is 1. The summed E-state index contributed by atoms with van der Waals surface area (Å²) in [6.45, 7) is 0.176. The summed E-state index contributed by atoms with van der Waals surface area (Å²) >= 11 is 0. The highest BCUT2D eigenvalue weighted by molar-refractivity contribution is 6.12. The molecular formula is C17H17N3O3. The highest BCUT2D eigenvalue weighted by Gasteiger charge is 2.17. The molecule has 2 rings (SSSR count). The number of nitrogens with two attached hydrogens (primary N) is 2. The average molecular weight is 311 g/mol. The Morgan fingerprint density at radius 2 is 1.74 bits per heavy atom.